The Labute approximate surface area is 286 Å². The number of anilines is 3. The Morgan fingerprint density at radius 3 is 1.52 bits per heavy atom. The summed E-state index contributed by atoms with van der Waals surface area (Å²) < 4.78 is 0. The van der Waals surface area contributed by atoms with E-state index < -0.39 is 0 Å². The van der Waals surface area contributed by atoms with Crippen molar-refractivity contribution in [2.75, 3.05) is 4.90 Å². The molecule has 0 aromatic heterocycles. The van der Waals surface area contributed by atoms with Crippen LogP contribution in [0.1, 0.15) is 79.0 Å². The van der Waals surface area contributed by atoms with Crippen molar-refractivity contribution in [2.24, 2.45) is 0 Å². The number of hydrogen-bond acceptors (Lipinski definition) is 1. The first-order chi connectivity index (χ1) is 22.7. The van der Waals surface area contributed by atoms with Crippen molar-refractivity contribution < 1.29 is 0 Å². The smallest absolute Gasteiger partial charge is 0.248 e. The van der Waals surface area contributed by atoms with Gasteiger partial charge in [0.25, 0.3) is 0 Å². The molecule has 1 nitrogen and oxygen atoms in total. The lowest BCUT2D eigenvalue weighted by molar-refractivity contribution is 0.576. The standard InChI is InChI=1S/C46H44BN/c1-44(2,3)33-25-34(45(4,5)6)30-23-24-32-40(26-35(46(7,8)9)31-22-21-29(33)41(30)42(31)32)48-38-19-13-12-18-37(38)47-36-17-11-10-15-27(36)28-16-14-20-39(48)43(28)47/h10-26H,1-9H3. The number of hydrogen-bond donors (Lipinski definition) is 0. The summed E-state index contributed by atoms with van der Waals surface area (Å²) in [6.45, 7) is 21.6. The Balaban J connectivity index is 1.46. The fourth-order valence-electron chi connectivity index (χ4n) is 9.10. The Bertz CT molecular complexity index is 2430. The molecular weight excluding hydrogens is 577 g/mol. The molecule has 0 unspecified atom stereocenters. The molecule has 0 N–H and O–H groups in total. The van der Waals surface area contributed by atoms with Gasteiger partial charge in [0.1, 0.15) is 0 Å². The van der Waals surface area contributed by atoms with Crippen LogP contribution in [0, 0.1) is 0 Å². The molecule has 0 saturated heterocycles. The Kier molecular flexibility index (Phi) is 5.87. The van der Waals surface area contributed by atoms with Gasteiger partial charge in [-0.1, -0.05) is 153 Å². The molecule has 0 spiro atoms. The molecule has 9 rings (SSSR count). The number of fused-ring (bicyclic) bond motifs is 5. The van der Waals surface area contributed by atoms with E-state index in [0.29, 0.717) is 0 Å². The van der Waals surface area contributed by atoms with E-state index in [0.717, 1.165) is 0 Å². The summed E-state index contributed by atoms with van der Waals surface area (Å²) in [6, 6.07) is 39.9. The van der Waals surface area contributed by atoms with E-state index in [2.05, 4.69) is 170 Å². The molecule has 0 fully saturated rings. The number of para-hydroxylation sites is 1. The van der Waals surface area contributed by atoms with Crippen LogP contribution in [0.2, 0.25) is 0 Å². The Morgan fingerprint density at radius 2 is 0.896 bits per heavy atom. The van der Waals surface area contributed by atoms with Gasteiger partial charge in [0.15, 0.2) is 0 Å². The van der Waals surface area contributed by atoms with E-state index >= 15 is 0 Å². The molecule has 2 aliphatic heterocycles. The molecule has 236 valence electrons. The summed E-state index contributed by atoms with van der Waals surface area (Å²) in [5, 5.41) is 8.29. The molecule has 0 radical (unpaired) electrons. The van der Waals surface area contributed by atoms with Crippen LogP contribution in [-0.4, -0.2) is 6.71 Å². The van der Waals surface area contributed by atoms with E-state index in [-0.39, 0.29) is 23.0 Å². The summed E-state index contributed by atoms with van der Waals surface area (Å²) in [6.07, 6.45) is 0. The topological polar surface area (TPSA) is 3.24 Å². The van der Waals surface area contributed by atoms with Crippen molar-refractivity contribution in [3.05, 3.63) is 120 Å². The molecule has 0 atom stereocenters. The zero-order valence-electron chi connectivity index (χ0n) is 29.8. The fraction of sp³-hybridized carbons (Fsp3) is 0.261. The van der Waals surface area contributed by atoms with Crippen molar-refractivity contribution in [2.45, 2.75) is 78.6 Å². The van der Waals surface area contributed by atoms with Crippen molar-refractivity contribution in [3.8, 4) is 11.1 Å². The highest BCUT2D eigenvalue weighted by molar-refractivity contribution is 7.01. The zero-order chi connectivity index (χ0) is 33.5. The van der Waals surface area contributed by atoms with Gasteiger partial charge in [-0.05, 0) is 100 Å². The first-order valence-electron chi connectivity index (χ1n) is 17.7. The molecule has 2 heteroatoms. The molecule has 0 saturated carbocycles. The van der Waals surface area contributed by atoms with Crippen LogP contribution >= 0.6 is 0 Å². The molecular formula is C46H44BN. The van der Waals surface area contributed by atoms with Gasteiger partial charge in [0.05, 0.1) is 5.69 Å². The van der Waals surface area contributed by atoms with Crippen LogP contribution in [0.3, 0.4) is 0 Å². The van der Waals surface area contributed by atoms with Gasteiger partial charge in [-0.2, -0.15) is 0 Å². The van der Waals surface area contributed by atoms with Crippen LogP contribution in [0.4, 0.5) is 17.1 Å². The first-order valence-corrected chi connectivity index (χ1v) is 17.7. The lowest BCUT2D eigenvalue weighted by atomic mass is 9.37. The minimum Gasteiger partial charge on any atom is -0.311 e. The lowest BCUT2D eigenvalue weighted by Crippen LogP contribution is -2.54. The predicted molar refractivity (Wildman–Crippen MR) is 211 cm³/mol. The quantitative estimate of drug-likeness (QED) is 0.130. The van der Waals surface area contributed by atoms with E-state index in [9.17, 15) is 0 Å². The Morgan fingerprint density at radius 1 is 0.417 bits per heavy atom. The van der Waals surface area contributed by atoms with E-state index in [1.54, 1.807) is 0 Å². The monoisotopic (exact) mass is 621 g/mol. The van der Waals surface area contributed by atoms with Gasteiger partial charge in [-0.25, -0.2) is 0 Å². The van der Waals surface area contributed by atoms with Gasteiger partial charge < -0.3 is 4.90 Å². The van der Waals surface area contributed by atoms with Crippen molar-refractivity contribution in [3.63, 3.8) is 0 Å². The van der Waals surface area contributed by atoms with E-state index in [4.69, 9.17) is 0 Å². The van der Waals surface area contributed by atoms with Gasteiger partial charge in [-0.3, -0.25) is 0 Å². The summed E-state index contributed by atoms with van der Waals surface area (Å²) in [7, 11) is 0. The third-order valence-corrected chi connectivity index (χ3v) is 11.2. The normalized spacial score (nSPS) is 14.3. The molecule has 0 bridgehead atoms. The molecule has 48 heavy (non-hydrogen) atoms. The second-order valence-electron chi connectivity index (χ2n) is 17.4. The third kappa shape index (κ3) is 3.92. The number of nitrogens with zero attached hydrogens (tertiary/aromatic N) is 1. The maximum absolute atomic E-state index is 2.60. The molecule has 7 aromatic carbocycles. The molecule has 0 amide bonds. The van der Waals surface area contributed by atoms with Crippen LogP contribution in [-0.2, 0) is 16.2 Å². The average Bonchev–Trinajstić information content (AvgIpc) is 3.38. The number of benzene rings is 7. The highest BCUT2D eigenvalue weighted by Gasteiger charge is 2.42. The maximum atomic E-state index is 2.60. The van der Waals surface area contributed by atoms with Gasteiger partial charge in [0, 0.05) is 16.8 Å². The van der Waals surface area contributed by atoms with Crippen LogP contribution in [0.15, 0.2) is 103 Å². The van der Waals surface area contributed by atoms with Crippen molar-refractivity contribution >= 4 is 72.5 Å². The van der Waals surface area contributed by atoms with E-state index in [1.165, 1.54) is 93.6 Å². The Hall–Kier alpha value is -4.56. The second-order valence-corrected chi connectivity index (χ2v) is 17.4. The zero-order valence-corrected chi connectivity index (χ0v) is 29.8. The van der Waals surface area contributed by atoms with Gasteiger partial charge in [0.2, 0.25) is 6.71 Å². The molecule has 0 aliphatic carbocycles. The summed E-state index contributed by atoms with van der Waals surface area (Å²) in [4.78, 5) is 2.60. The summed E-state index contributed by atoms with van der Waals surface area (Å²) in [5.41, 5.74) is 15.1. The maximum Gasteiger partial charge on any atom is 0.248 e. The predicted octanol–water partition coefficient (Wildman–Crippen LogP) is 10.8. The van der Waals surface area contributed by atoms with Gasteiger partial charge in [-0.15, -0.1) is 0 Å². The second kappa shape index (κ2) is 9.53. The van der Waals surface area contributed by atoms with Gasteiger partial charge >= 0.3 is 0 Å². The fourth-order valence-corrected chi connectivity index (χ4v) is 9.10. The molecule has 2 heterocycles. The lowest BCUT2D eigenvalue weighted by Gasteiger charge is -2.38. The van der Waals surface area contributed by atoms with Crippen molar-refractivity contribution in [1.29, 1.82) is 0 Å². The highest BCUT2D eigenvalue weighted by Crippen LogP contribution is 2.51. The highest BCUT2D eigenvalue weighted by atomic mass is 15.2. The average molecular weight is 622 g/mol. The number of rotatable bonds is 1. The van der Waals surface area contributed by atoms with E-state index in [1.807, 2.05) is 0 Å². The molecule has 2 aliphatic rings. The first kappa shape index (κ1) is 29.6. The third-order valence-electron chi connectivity index (χ3n) is 11.2. The minimum absolute atomic E-state index is 0.0123. The largest absolute Gasteiger partial charge is 0.311 e. The SMILES string of the molecule is CC(C)(C)c1cc(N2c3ccccc3B3c4ccccc4-c4cccc2c43)c2ccc3c(C(C)(C)C)cc(C(C)(C)C)c4ccc1c2c34. The summed E-state index contributed by atoms with van der Waals surface area (Å²) in [5.74, 6) is 0. The molecule has 7 aromatic rings. The minimum atomic E-state index is -0.0521. The van der Waals surface area contributed by atoms with Crippen LogP contribution in [0.25, 0.3) is 43.4 Å². The van der Waals surface area contributed by atoms with Crippen LogP contribution < -0.4 is 21.3 Å². The van der Waals surface area contributed by atoms with Crippen LogP contribution in [0.5, 0.6) is 0 Å². The summed E-state index contributed by atoms with van der Waals surface area (Å²) >= 11 is 0. The van der Waals surface area contributed by atoms with Crippen molar-refractivity contribution in [1.82, 2.24) is 0 Å².